The molecule has 4 nitrogen and oxygen atoms in total. The number of thiazole rings is 1. The summed E-state index contributed by atoms with van der Waals surface area (Å²) in [5, 5.41) is 3.32. The molecule has 0 atom stereocenters. The molecule has 3 heterocycles. The molecule has 0 unspecified atom stereocenters. The second-order valence-electron chi connectivity index (χ2n) is 12.7. The van der Waals surface area contributed by atoms with Crippen molar-refractivity contribution in [3.8, 4) is 67.0 Å². The number of fused-ring (bicyclic) bond motifs is 4. The Kier molecular flexibility index (Phi) is 7.48. The standard InChI is InChI=1S/C46H28N4S2/c1-4-13-29(14-5-1)34-27-37(42-38(28-34)36-20-12-19-35(41(36)52-42)30-15-6-2-7-16-30)31-23-25-33(26-24-31)44-48-43(32-17-8-3-9-18-32)49-45(50-44)46-47-39-21-10-11-22-40(39)51-46/h1-28H. The maximum atomic E-state index is 5.00. The number of para-hydroxylation sites is 1. The first kappa shape index (κ1) is 30.5. The van der Waals surface area contributed by atoms with Crippen molar-refractivity contribution in [2.45, 2.75) is 0 Å². The van der Waals surface area contributed by atoms with E-state index in [0.29, 0.717) is 17.5 Å². The number of hydrogen-bond donors (Lipinski definition) is 0. The van der Waals surface area contributed by atoms with E-state index in [1.54, 1.807) is 11.3 Å². The summed E-state index contributed by atoms with van der Waals surface area (Å²) < 4.78 is 3.68. The predicted molar refractivity (Wildman–Crippen MR) is 219 cm³/mol. The number of hydrogen-bond acceptors (Lipinski definition) is 6. The van der Waals surface area contributed by atoms with Crippen molar-refractivity contribution in [2.24, 2.45) is 0 Å². The molecule has 0 aliphatic rings. The van der Waals surface area contributed by atoms with Crippen LogP contribution in [-0.4, -0.2) is 19.9 Å². The van der Waals surface area contributed by atoms with Crippen LogP contribution in [-0.2, 0) is 0 Å². The lowest BCUT2D eigenvalue weighted by atomic mass is 9.95. The summed E-state index contributed by atoms with van der Waals surface area (Å²) in [5.74, 6) is 1.82. The van der Waals surface area contributed by atoms with Crippen molar-refractivity contribution in [3.05, 3.63) is 170 Å². The fraction of sp³-hybridized carbons (Fsp3) is 0. The van der Waals surface area contributed by atoms with Crippen molar-refractivity contribution in [1.82, 2.24) is 19.9 Å². The molecule has 0 aliphatic heterocycles. The molecule has 0 saturated heterocycles. The van der Waals surface area contributed by atoms with E-state index in [1.165, 1.54) is 48.0 Å². The average molecular weight is 701 g/mol. The van der Waals surface area contributed by atoms with Crippen LogP contribution in [0, 0.1) is 0 Å². The van der Waals surface area contributed by atoms with Gasteiger partial charge in [0.2, 0.25) is 0 Å². The zero-order chi connectivity index (χ0) is 34.4. The normalized spacial score (nSPS) is 11.5. The zero-order valence-electron chi connectivity index (χ0n) is 27.8. The smallest absolute Gasteiger partial charge is 0.192 e. The third kappa shape index (κ3) is 5.46. The van der Waals surface area contributed by atoms with Crippen LogP contribution >= 0.6 is 22.7 Å². The molecule has 244 valence electrons. The van der Waals surface area contributed by atoms with Gasteiger partial charge in [0, 0.05) is 36.9 Å². The average Bonchev–Trinajstić information content (AvgIpc) is 3.84. The second-order valence-corrected chi connectivity index (χ2v) is 14.7. The van der Waals surface area contributed by atoms with E-state index in [4.69, 9.17) is 19.9 Å². The fourth-order valence-electron chi connectivity index (χ4n) is 6.84. The summed E-state index contributed by atoms with van der Waals surface area (Å²) in [6.45, 7) is 0. The first-order valence-electron chi connectivity index (χ1n) is 17.1. The minimum atomic E-state index is 0.575. The molecule has 0 amide bonds. The first-order valence-corrected chi connectivity index (χ1v) is 18.8. The second kappa shape index (κ2) is 12.8. The summed E-state index contributed by atoms with van der Waals surface area (Å²) >= 11 is 3.47. The molecule has 7 aromatic carbocycles. The topological polar surface area (TPSA) is 51.6 Å². The Morgan fingerprint density at radius 1 is 0.327 bits per heavy atom. The number of aromatic nitrogens is 4. The van der Waals surface area contributed by atoms with E-state index in [1.807, 2.05) is 59.9 Å². The minimum Gasteiger partial charge on any atom is -0.233 e. The van der Waals surface area contributed by atoms with Crippen molar-refractivity contribution in [1.29, 1.82) is 0 Å². The molecule has 0 spiro atoms. The molecule has 3 aromatic heterocycles. The Bertz CT molecular complexity index is 2850. The van der Waals surface area contributed by atoms with E-state index in [9.17, 15) is 0 Å². The van der Waals surface area contributed by atoms with Crippen LogP contribution in [0.3, 0.4) is 0 Å². The molecule has 6 heteroatoms. The molecule has 0 N–H and O–H groups in total. The highest BCUT2D eigenvalue weighted by Gasteiger charge is 2.18. The maximum absolute atomic E-state index is 5.00. The van der Waals surface area contributed by atoms with Gasteiger partial charge in [0.05, 0.1) is 10.2 Å². The van der Waals surface area contributed by atoms with E-state index in [-0.39, 0.29) is 0 Å². The summed E-state index contributed by atoms with van der Waals surface area (Å²) in [4.78, 5) is 19.8. The minimum absolute atomic E-state index is 0.575. The quantitative estimate of drug-likeness (QED) is 0.173. The molecule has 0 aliphatic carbocycles. The van der Waals surface area contributed by atoms with Gasteiger partial charge in [-0.15, -0.1) is 22.7 Å². The highest BCUT2D eigenvalue weighted by molar-refractivity contribution is 7.27. The van der Waals surface area contributed by atoms with Gasteiger partial charge in [0.25, 0.3) is 0 Å². The first-order chi connectivity index (χ1) is 25.7. The number of rotatable bonds is 6. The summed E-state index contributed by atoms with van der Waals surface area (Å²) in [6, 6.07) is 59.6. The van der Waals surface area contributed by atoms with Gasteiger partial charge in [-0.3, -0.25) is 0 Å². The third-order valence-corrected chi connectivity index (χ3v) is 11.7. The lowest BCUT2D eigenvalue weighted by Gasteiger charge is -2.10. The maximum Gasteiger partial charge on any atom is 0.192 e. The van der Waals surface area contributed by atoms with Gasteiger partial charge < -0.3 is 0 Å². The molecular weight excluding hydrogens is 673 g/mol. The van der Waals surface area contributed by atoms with Crippen LogP contribution in [0.1, 0.15) is 0 Å². The van der Waals surface area contributed by atoms with Gasteiger partial charge in [-0.1, -0.05) is 146 Å². The lowest BCUT2D eigenvalue weighted by molar-refractivity contribution is 1.07. The Morgan fingerprint density at radius 2 is 0.885 bits per heavy atom. The van der Waals surface area contributed by atoms with Gasteiger partial charge in [-0.2, -0.15) is 0 Å². The molecular formula is C46H28N4S2. The Hall–Kier alpha value is -6.34. The van der Waals surface area contributed by atoms with E-state index in [0.717, 1.165) is 31.9 Å². The van der Waals surface area contributed by atoms with Crippen molar-refractivity contribution >= 4 is 53.1 Å². The van der Waals surface area contributed by atoms with E-state index in [2.05, 4.69) is 121 Å². The van der Waals surface area contributed by atoms with Gasteiger partial charge in [0.1, 0.15) is 0 Å². The molecule has 0 saturated carbocycles. The van der Waals surface area contributed by atoms with Crippen LogP contribution in [0.2, 0.25) is 0 Å². The lowest BCUT2D eigenvalue weighted by Crippen LogP contribution is -2.00. The molecule has 10 rings (SSSR count). The predicted octanol–water partition coefficient (Wildman–Crippen LogP) is 12.9. The number of benzene rings is 7. The number of thiophene rings is 1. The zero-order valence-corrected chi connectivity index (χ0v) is 29.4. The molecule has 0 fully saturated rings. The van der Waals surface area contributed by atoms with Crippen molar-refractivity contribution in [3.63, 3.8) is 0 Å². The summed E-state index contributed by atoms with van der Waals surface area (Å²) in [6.07, 6.45) is 0. The van der Waals surface area contributed by atoms with E-state index < -0.39 is 0 Å². The summed E-state index contributed by atoms with van der Waals surface area (Å²) in [7, 11) is 0. The highest BCUT2D eigenvalue weighted by atomic mass is 32.1. The third-order valence-electron chi connectivity index (χ3n) is 9.40. The van der Waals surface area contributed by atoms with Gasteiger partial charge >= 0.3 is 0 Å². The Balaban J connectivity index is 1.13. The highest BCUT2D eigenvalue weighted by Crippen LogP contribution is 2.46. The fourth-order valence-corrected chi connectivity index (χ4v) is 9.09. The SMILES string of the molecule is c1ccc(-c2cc(-c3ccc(-c4nc(-c5ccccc5)nc(-c5nc6ccccc6s5)n4)cc3)c3sc4c(-c5ccccc5)cccc4c3c2)cc1. The monoisotopic (exact) mass is 700 g/mol. The Morgan fingerprint density at radius 3 is 1.60 bits per heavy atom. The van der Waals surface area contributed by atoms with Crippen LogP contribution in [0.25, 0.3) is 97.4 Å². The van der Waals surface area contributed by atoms with Gasteiger partial charge in [-0.25, -0.2) is 19.9 Å². The largest absolute Gasteiger partial charge is 0.233 e. The van der Waals surface area contributed by atoms with Crippen molar-refractivity contribution in [2.75, 3.05) is 0 Å². The molecule has 0 radical (unpaired) electrons. The van der Waals surface area contributed by atoms with E-state index >= 15 is 0 Å². The van der Waals surface area contributed by atoms with Gasteiger partial charge in [-0.05, 0) is 52.1 Å². The van der Waals surface area contributed by atoms with Crippen LogP contribution < -0.4 is 0 Å². The molecule has 52 heavy (non-hydrogen) atoms. The summed E-state index contributed by atoms with van der Waals surface area (Å²) in [5.41, 5.74) is 10.0. The van der Waals surface area contributed by atoms with Crippen LogP contribution in [0.4, 0.5) is 0 Å². The van der Waals surface area contributed by atoms with Crippen LogP contribution in [0.5, 0.6) is 0 Å². The number of nitrogens with zero attached hydrogens (tertiary/aromatic N) is 4. The van der Waals surface area contributed by atoms with Crippen molar-refractivity contribution < 1.29 is 0 Å². The molecule has 10 aromatic rings. The van der Waals surface area contributed by atoms with Crippen LogP contribution in [0.15, 0.2) is 170 Å². The molecule has 0 bridgehead atoms. The Labute approximate surface area is 308 Å². The van der Waals surface area contributed by atoms with Gasteiger partial charge in [0.15, 0.2) is 22.5 Å².